The second-order valence-electron chi connectivity index (χ2n) is 8.92. The van der Waals surface area contributed by atoms with Gasteiger partial charge in [-0.2, -0.15) is 0 Å². The van der Waals surface area contributed by atoms with E-state index in [-0.39, 0.29) is 5.92 Å². The Balaban J connectivity index is 1.33. The number of fused-ring (bicyclic) bond motifs is 1. The van der Waals surface area contributed by atoms with Gasteiger partial charge in [0.2, 0.25) is 0 Å². The van der Waals surface area contributed by atoms with Crippen LogP contribution in [-0.2, 0) is 21.7 Å². The van der Waals surface area contributed by atoms with E-state index in [9.17, 15) is 9.90 Å². The van der Waals surface area contributed by atoms with Crippen LogP contribution in [0.2, 0.25) is 0 Å². The van der Waals surface area contributed by atoms with Gasteiger partial charge >= 0.3 is 5.97 Å². The topological polar surface area (TPSA) is 49.8 Å². The van der Waals surface area contributed by atoms with Gasteiger partial charge in [-0.05, 0) is 35.8 Å². The molecule has 30 heavy (non-hydrogen) atoms. The van der Waals surface area contributed by atoms with Gasteiger partial charge in [0.1, 0.15) is 0 Å². The summed E-state index contributed by atoms with van der Waals surface area (Å²) in [6.07, 6.45) is 1.44. The summed E-state index contributed by atoms with van der Waals surface area (Å²) >= 11 is 0. The summed E-state index contributed by atoms with van der Waals surface area (Å²) < 4.78 is 5.75. The molecular weight excluding hydrogens is 374 g/mol. The van der Waals surface area contributed by atoms with Crippen molar-refractivity contribution in [2.45, 2.75) is 38.8 Å². The monoisotopic (exact) mass is 407 g/mol. The molecule has 2 aromatic rings. The van der Waals surface area contributed by atoms with Crippen molar-refractivity contribution in [3.63, 3.8) is 0 Å². The molecule has 0 spiro atoms. The van der Waals surface area contributed by atoms with Crippen LogP contribution >= 0.6 is 0 Å². The highest BCUT2D eigenvalue weighted by Crippen LogP contribution is 2.52. The van der Waals surface area contributed by atoms with Crippen LogP contribution in [-0.4, -0.2) is 35.7 Å². The maximum atomic E-state index is 13.1. The van der Waals surface area contributed by atoms with Gasteiger partial charge in [0.15, 0.2) is 5.60 Å². The lowest BCUT2D eigenvalue weighted by molar-refractivity contribution is -0.175. The number of carbonyl (C=O) groups excluding carboxylic acids is 1. The van der Waals surface area contributed by atoms with Crippen LogP contribution in [0.1, 0.15) is 37.8 Å². The molecule has 4 nitrogen and oxygen atoms in total. The lowest BCUT2D eigenvalue weighted by atomic mass is 9.78. The van der Waals surface area contributed by atoms with Gasteiger partial charge < -0.3 is 9.84 Å². The molecule has 1 aliphatic carbocycles. The van der Waals surface area contributed by atoms with Gasteiger partial charge in [-0.15, -0.1) is 0 Å². The lowest BCUT2D eigenvalue weighted by Gasteiger charge is -2.33. The summed E-state index contributed by atoms with van der Waals surface area (Å²) in [6, 6.07) is 19.8. The fraction of sp³-hybridized carbons (Fsp3) is 0.500. The molecule has 3 atom stereocenters. The first-order chi connectivity index (χ1) is 14.6. The molecule has 0 radical (unpaired) electrons. The first kappa shape index (κ1) is 21.1. The first-order valence-electron chi connectivity index (χ1n) is 11.3. The van der Waals surface area contributed by atoms with Gasteiger partial charge in [0.25, 0.3) is 0 Å². The normalized spacial score (nSPS) is 25.0. The number of piperidine rings is 1. The number of hydrogen-bond donors (Lipinski definition) is 1. The van der Waals surface area contributed by atoms with Crippen molar-refractivity contribution in [2.24, 2.45) is 23.7 Å². The van der Waals surface area contributed by atoms with Crippen LogP contribution < -0.4 is 0 Å². The zero-order valence-corrected chi connectivity index (χ0v) is 18.0. The van der Waals surface area contributed by atoms with Crippen LogP contribution in [0.5, 0.6) is 0 Å². The molecule has 0 amide bonds. The molecule has 2 fully saturated rings. The Labute approximate surface area is 179 Å². The van der Waals surface area contributed by atoms with E-state index in [1.807, 2.05) is 50.2 Å². The van der Waals surface area contributed by atoms with Crippen LogP contribution in [0.25, 0.3) is 0 Å². The van der Waals surface area contributed by atoms with Gasteiger partial charge in [-0.1, -0.05) is 74.5 Å². The number of esters is 1. The molecule has 1 saturated heterocycles. The molecule has 2 aliphatic rings. The zero-order chi connectivity index (χ0) is 21.1. The molecular formula is C26H33NO3. The highest BCUT2D eigenvalue weighted by molar-refractivity contribution is 5.81. The average molecular weight is 408 g/mol. The largest absolute Gasteiger partial charge is 0.463 e. The number of aliphatic hydroxyl groups is 1. The third-order valence-corrected chi connectivity index (χ3v) is 7.20. The van der Waals surface area contributed by atoms with Crippen molar-refractivity contribution >= 4 is 5.97 Å². The summed E-state index contributed by atoms with van der Waals surface area (Å²) in [6.45, 7) is 7.57. The van der Waals surface area contributed by atoms with Gasteiger partial charge in [-0.3, -0.25) is 4.90 Å². The Morgan fingerprint density at radius 3 is 2.17 bits per heavy atom. The van der Waals surface area contributed by atoms with E-state index in [0.29, 0.717) is 29.9 Å². The van der Waals surface area contributed by atoms with Crippen LogP contribution in [0.3, 0.4) is 0 Å². The summed E-state index contributed by atoms with van der Waals surface area (Å²) in [7, 11) is 0. The van der Waals surface area contributed by atoms with E-state index >= 15 is 0 Å². The van der Waals surface area contributed by atoms with Gasteiger partial charge in [0.05, 0.1) is 6.61 Å². The summed E-state index contributed by atoms with van der Waals surface area (Å²) in [5, 5.41) is 11.5. The molecule has 0 aromatic heterocycles. The van der Waals surface area contributed by atoms with Crippen molar-refractivity contribution in [1.29, 1.82) is 0 Å². The van der Waals surface area contributed by atoms with E-state index in [4.69, 9.17) is 4.74 Å². The lowest BCUT2D eigenvalue weighted by Crippen LogP contribution is -2.44. The molecule has 1 aliphatic heterocycles. The minimum atomic E-state index is -1.58. The Bertz CT molecular complexity index is 824. The summed E-state index contributed by atoms with van der Waals surface area (Å²) in [4.78, 5) is 15.6. The molecule has 1 heterocycles. The smallest absolute Gasteiger partial charge is 0.343 e. The molecule has 1 saturated carbocycles. The fourth-order valence-electron chi connectivity index (χ4n) is 5.33. The fourth-order valence-corrected chi connectivity index (χ4v) is 5.33. The molecule has 0 bridgehead atoms. The second-order valence-corrected chi connectivity index (χ2v) is 8.92. The number of rotatable bonds is 9. The highest BCUT2D eigenvalue weighted by Gasteiger charge is 2.56. The van der Waals surface area contributed by atoms with E-state index < -0.39 is 11.6 Å². The Hall–Kier alpha value is -2.17. The average Bonchev–Trinajstić information content (AvgIpc) is 3.24. The molecule has 4 heteroatoms. The highest BCUT2D eigenvalue weighted by atomic mass is 16.6. The van der Waals surface area contributed by atoms with Crippen molar-refractivity contribution in [3.05, 3.63) is 71.8 Å². The van der Waals surface area contributed by atoms with E-state index in [2.05, 4.69) is 29.2 Å². The standard InChI is InChI=1S/C26H33NO3/c1-3-20(4-2)26(29,21-13-9-6-10-14-21)25(28)30-18-24-22-16-27(17-23(22)24)15-19-11-7-5-8-12-19/h5-14,20,22-24,29H,3-4,15-18H2,1-2H3. The molecule has 3 unspecified atom stereocenters. The quantitative estimate of drug-likeness (QED) is 0.632. The Morgan fingerprint density at radius 2 is 1.60 bits per heavy atom. The van der Waals surface area contributed by atoms with Gasteiger partial charge in [-0.25, -0.2) is 4.79 Å². The number of benzene rings is 2. The zero-order valence-electron chi connectivity index (χ0n) is 18.0. The summed E-state index contributed by atoms with van der Waals surface area (Å²) in [5.41, 5.74) is 0.405. The third-order valence-electron chi connectivity index (χ3n) is 7.20. The minimum Gasteiger partial charge on any atom is -0.463 e. The molecule has 2 aromatic carbocycles. The Kier molecular flexibility index (Phi) is 6.26. The van der Waals surface area contributed by atoms with Crippen LogP contribution in [0.4, 0.5) is 0 Å². The predicted molar refractivity (Wildman–Crippen MR) is 118 cm³/mol. The number of hydrogen-bond acceptors (Lipinski definition) is 4. The Morgan fingerprint density at radius 1 is 1.03 bits per heavy atom. The van der Waals surface area contributed by atoms with Crippen molar-refractivity contribution in [3.8, 4) is 0 Å². The van der Waals surface area contributed by atoms with Gasteiger partial charge in [0, 0.05) is 31.5 Å². The van der Waals surface area contributed by atoms with Crippen LogP contribution in [0.15, 0.2) is 60.7 Å². The van der Waals surface area contributed by atoms with Crippen molar-refractivity contribution < 1.29 is 14.6 Å². The molecule has 4 rings (SSSR count). The number of likely N-dealkylation sites (tertiary alicyclic amines) is 1. The van der Waals surface area contributed by atoms with E-state index in [0.717, 1.165) is 32.5 Å². The van der Waals surface area contributed by atoms with E-state index in [1.165, 1.54) is 5.56 Å². The third kappa shape index (κ3) is 4.03. The maximum Gasteiger partial charge on any atom is 0.343 e. The molecule has 1 N–H and O–H groups in total. The maximum absolute atomic E-state index is 13.1. The second kappa shape index (κ2) is 8.91. The number of ether oxygens (including phenoxy) is 1. The first-order valence-corrected chi connectivity index (χ1v) is 11.3. The van der Waals surface area contributed by atoms with E-state index in [1.54, 1.807) is 0 Å². The summed E-state index contributed by atoms with van der Waals surface area (Å²) in [5.74, 6) is 1.00. The number of nitrogens with zero attached hydrogens (tertiary/aromatic N) is 1. The number of carbonyl (C=O) groups is 1. The minimum absolute atomic E-state index is 0.160. The predicted octanol–water partition coefficient (Wildman–Crippen LogP) is 4.23. The SMILES string of the molecule is CCC(CC)C(O)(C(=O)OCC1C2CN(Cc3ccccc3)CC12)c1ccccc1. The van der Waals surface area contributed by atoms with Crippen molar-refractivity contribution in [1.82, 2.24) is 4.90 Å². The van der Waals surface area contributed by atoms with Crippen LogP contribution in [0, 0.1) is 23.7 Å². The molecule has 160 valence electrons. The van der Waals surface area contributed by atoms with Crippen molar-refractivity contribution in [2.75, 3.05) is 19.7 Å².